The number of β-lactam (4-membered cyclic amide) rings is 1. The standard InChI is InChI=1S/C14H16N2O4/c1-20-12(18)9-15-14(19)13(16-8-7-11(16)17)10-5-3-2-4-6-10/h2-6,13H,7-9H2,1H3,(H,15,19)/t13-/m0/s1. The number of methoxy groups -OCH3 is 1. The number of amides is 2. The number of carbonyl (C=O) groups excluding carboxylic acids is 3. The van der Waals surface area contributed by atoms with E-state index in [4.69, 9.17) is 0 Å². The minimum absolute atomic E-state index is 0.0629. The zero-order chi connectivity index (χ0) is 14.5. The van der Waals surface area contributed by atoms with Gasteiger partial charge in [0.25, 0.3) is 0 Å². The van der Waals surface area contributed by atoms with E-state index >= 15 is 0 Å². The largest absolute Gasteiger partial charge is 0.468 e. The molecule has 2 amide bonds. The van der Waals surface area contributed by atoms with Crippen LogP contribution in [0, 0.1) is 0 Å². The van der Waals surface area contributed by atoms with Gasteiger partial charge in [-0.25, -0.2) is 0 Å². The van der Waals surface area contributed by atoms with Crippen molar-refractivity contribution in [2.45, 2.75) is 12.5 Å². The van der Waals surface area contributed by atoms with Gasteiger partial charge in [0.1, 0.15) is 12.6 Å². The number of nitrogens with one attached hydrogen (secondary N) is 1. The third kappa shape index (κ3) is 2.96. The number of rotatable bonds is 5. The van der Waals surface area contributed by atoms with E-state index in [0.717, 1.165) is 5.56 Å². The third-order valence-electron chi connectivity index (χ3n) is 3.20. The molecule has 6 heteroatoms. The monoisotopic (exact) mass is 276 g/mol. The van der Waals surface area contributed by atoms with Crippen LogP contribution >= 0.6 is 0 Å². The van der Waals surface area contributed by atoms with Crippen molar-refractivity contribution in [3.05, 3.63) is 35.9 Å². The molecule has 1 aliphatic rings. The topological polar surface area (TPSA) is 75.7 Å². The second-order valence-corrected chi connectivity index (χ2v) is 4.44. The predicted octanol–water partition coefficient (Wildman–Crippen LogP) is 0.249. The number of hydrogen-bond acceptors (Lipinski definition) is 4. The van der Waals surface area contributed by atoms with Gasteiger partial charge in [-0.3, -0.25) is 14.4 Å². The molecule has 0 aromatic heterocycles. The first-order valence-electron chi connectivity index (χ1n) is 6.32. The average Bonchev–Trinajstić information content (AvgIpc) is 2.48. The molecule has 1 aliphatic heterocycles. The Kier molecular flexibility index (Phi) is 4.34. The predicted molar refractivity (Wildman–Crippen MR) is 70.5 cm³/mol. The van der Waals surface area contributed by atoms with Gasteiger partial charge in [0.05, 0.1) is 7.11 Å². The van der Waals surface area contributed by atoms with Crippen molar-refractivity contribution in [3.63, 3.8) is 0 Å². The minimum atomic E-state index is -0.692. The molecule has 1 aromatic rings. The summed E-state index contributed by atoms with van der Waals surface area (Å²) in [4.78, 5) is 36.4. The maximum absolute atomic E-state index is 12.2. The normalized spacial score (nSPS) is 15.2. The van der Waals surface area contributed by atoms with E-state index in [1.54, 1.807) is 24.3 Å². The van der Waals surface area contributed by atoms with Crippen LogP contribution in [0.1, 0.15) is 18.0 Å². The number of esters is 1. The van der Waals surface area contributed by atoms with Crippen molar-refractivity contribution in [2.24, 2.45) is 0 Å². The molecule has 0 saturated carbocycles. The van der Waals surface area contributed by atoms with Gasteiger partial charge >= 0.3 is 5.97 Å². The lowest BCUT2D eigenvalue weighted by Gasteiger charge is -2.37. The lowest BCUT2D eigenvalue weighted by atomic mass is 10.0. The maximum atomic E-state index is 12.2. The van der Waals surface area contributed by atoms with Gasteiger partial charge in [-0.2, -0.15) is 0 Å². The number of hydrogen-bond donors (Lipinski definition) is 1. The molecule has 0 aliphatic carbocycles. The van der Waals surface area contributed by atoms with Gasteiger partial charge in [0.15, 0.2) is 0 Å². The van der Waals surface area contributed by atoms with Crippen molar-refractivity contribution < 1.29 is 19.1 Å². The van der Waals surface area contributed by atoms with Crippen LogP contribution in [-0.4, -0.2) is 42.9 Å². The van der Waals surface area contributed by atoms with Crippen LogP contribution in [0.4, 0.5) is 0 Å². The van der Waals surface area contributed by atoms with Crippen LogP contribution in [0.15, 0.2) is 30.3 Å². The Morgan fingerprint density at radius 2 is 2.05 bits per heavy atom. The summed E-state index contributed by atoms with van der Waals surface area (Å²) in [5.41, 5.74) is 0.725. The molecule has 0 unspecified atom stereocenters. The summed E-state index contributed by atoms with van der Waals surface area (Å²) in [7, 11) is 1.25. The fourth-order valence-electron chi connectivity index (χ4n) is 2.04. The van der Waals surface area contributed by atoms with Crippen LogP contribution in [-0.2, 0) is 19.1 Å². The highest BCUT2D eigenvalue weighted by atomic mass is 16.5. The van der Waals surface area contributed by atoms with E-state index in [2.05, 4.69) is 10.1 Å². The number of nitrogens with zero attached hydrogens (tertiary/aromatic N) is 1. The molecular weight excluding hydrogens is 260 g/mol. The fraction of sp³-hybridized carbons (Fsp3) is 0.357. The number of likely N-dealkylation sites (tertiary alicyclic amines) is 1. The average molecular weight is 276 g/mol. The minimum Gasteiger partial charge on any atom is -0.468 e. The lowest BCUT2D eigenvalue weighted by molar-refractivity contribution is -0.149. The molecular formula is C14H16N2O4. The van der Waals surface area contributed by atoms with E-state index in [0.29, 0.717) is 13.0 Å². The molecule has 2 rings (SSSR count). The Balaban J connectivity index is 2.12. The number of benzene rings is 1. The van der Waals surface area contributed by atoms with Crippen LogP contribution in [0.3, 0.4) is 0 Å². The summed E-state index contributed by atoms with van der Waals surface area (Å²) in [6, 6.07) is 8.33. The molecule has 1 N–H and O–H groups in total. The zero-order valence-electron chi connectivity index (χ0n) is 11.2. The van der Waals surface area contributed by atoms with E-state index < -0.39 is 12.0 Å². The van der Waals surface area contributed by atoms with Crippen LogP contribution in [0.5, 0.6) is 0 Å². The quantitative estimate of drug-likeness (QED) is 0.618. The summed E-state index contributed by atoms with van der Waals surface area (Å²) in [6.07, 6.45) is 0.452. The first-order chi connectivity index (χ1) is 9.63. The van der Waals surface area contributed by atoms with Crippen LogP contribution in [0.25, 0.3) is 0 Å². The van der Waals surface area contributed by atoms with Crippen molar-refractivity contribution in [1.29, 1.82) is 0 Å². The molecule has 0 spiro atoms. The highest BCUT2D eigenvalue weighted by Crippen LogP contribution is 2.26. The van der Waals surface area contributed by atoms with Gasteiger partial charge in [0.2, 0.25) is 11.8 Å². The molecule has 0 bridgehead atoms. The number of ether oxygens (including phenoxy) is 1. The molecule has 106 valence electrons. The van der Waals surface area contributed by atoms with Gasteiger partial charge in [-0.1, -0.05) is 30.3 Å². The van der Waals surface area contributed by atoms with Crippen molar-refractivity contribution in [2.75, 3.05) is 20.2 Å². The Bertz CT molecular complexity index is 515. The SMILES string of the molecule is COC(=O)CNC(=O)[C@H](c1ccccc1)N1CCC1=O. The Morgan fingerprint density at radius 1 is 1.35 bits per heavy atom. The maximum Gasteiger partial charge on any atom is 0.325 e. The van der Waals surface area contributed by atoms with Gasteiger partial charge < -0.3 is 15.0 Å². The molecule has 1 saturated heterocycles. The lowest BCUT2D eigenvalue weighted by Crippen LogP contribution is -2.51. The zero-order valence-corrected chi connectivity index (χ0v) is 11.2. The van der Waals surface area contributed by atoms with Crippen molar-refractivity contribution >= 4 is 17.8 Å². The summed E-state index contributed by atoms with van der Waals surface area (Å²) in [6.45, 7) is 0.338. The van der Waals surface area contributed by atoms with Crippen molar-refractivity contribution in [3.8, 4) is 0 Å². The molecule has 1 aromatic carbocycles. The fourth-order valence-corrected chi connectivity index (χ4v) is 2.04. The van der Waals surface area contributed by atoms with Gasteiger partial charge in [-0.05, 0) is 5.56 Å². The highest BCUT2D eigenvalue weighted by molar-refractivity contribution is 5.92. The van der Waals surface area contributed by atoms with Crippen LogP contribution in [0.2, 0.25) is 0 Å². The summed E-state index contributed by atoms with van der Waals surface area (Å²) in [5.74, 6) is -0.971. The summed E-state index contributed by atoms with van der Waals surface area (Å²) >= 11 is 0. The highest BCUT2D eigenvalue weighted by Gasteiger charge is 2.36. The Hall–Kier alpha value is -2.37. The molecule has 1 atom stereocenters. The van der Waals surface area contributed by atoms with Crippen LogP contribution < -0.4 is 5.32 Å². The third-order valence-corrected chi connectivity index (χ3v) is 3.20. The summed E-state index contributed by atoms with van der Waals surface area (Å²) in [5, 5.41) is 2.49. The number of carbonyl (C=O) groups is 3. The molecule has 1 heterocycles. The molecule has 1 fully saturated rings. The first-order valence-corrected chi connectivity index (χ1v) is 6.32. The second kappa shape index (κ2) is 6.18. The summed E-state index contributed by atoms with van der Waals surface area (Å²) < 4.78 is 4.47. The second-order valence-electron chi connectivity index (χ2n) is 4.44. The first kappa shape index (κ1) is 14.0. The van der Waals surface area contributed by atoms with E-state index in [9.17, 15) is 14.4 Å². The van der Waals surface area contributed by atoms with E-state index in [1.807, 2.05) is 6.07 Å². The van der Waals surface area contributed by atoms with E-state index in [1.165, 1.54) is 12.0 Å². The van der Waals surface area contributed by atoms with Crippen molar-refractivity contribution in [1.82, 2.24) is 10.2 Å². The van der Waals surface area contributed by atoms with E-state index in [-0.39, 0.29) is 18.4 Å². The Morgan fingerprint density at radius 3 is 2.55 bits per heavy atom. The molecule has 20 heavy (non-hydrogen) atoms. The molecule has 0 radical (unpaired) electrons. The van der Waals surface area contributed by atoms with Gasteiger partial charge in [0, 0.05) is 13.0 Å². The molecule has 6 nitrogen and oxygen atoms in total. The van der Waals surface area contributed by atoms with Gasteiger partial charge in [-0.15, -0.1) is 0 Å². The smallest absolute Gasteiger partial charge is 0.325 e. The Labute approximate surface area is 116 Å².